The molecule has 1 aromatic rings. The maximum absolute atomic E-state index is 13.1. The number of ether oxygens (including phenoxy) is 1. The van der Waals surface area contributed by atoms with Gasteiger partial charge in [-0.25, -0.2) is 8.78 Å². The molecule has 1 atom stereocenters. The van der Waals surface area contributed by atoms with E-state index < -0.39 is 11.8 Å². The Labute approximate surface area is 153 Å². The average molecular weight is 366 g/mol. The zero-order chi connectivity index (χ0) is 18.2. The summed E-state index contributed by atoms with van der Waals surface area (Å²) < 4.78 is 32.3. The van der Waals surface area contributed by atoms with Gasteiger partial charge in [0.2, 0.25) is 0 Å². The number of benzene rings is 1. The highest BCUT2D eigenvalue weighted by Crippen LogP contribution is 2.50. The van der Waals surface area contributed by atoms with Crippen molar-refractivity contribution < 1.29 is 18.6 Å². The molecule has 0 radical (unpaired) electrons. The largest absolute Gasteiger partial charge is 0.508 e. The number of aromatic hydroxyl groups is 1. The lowest BCUT2D eigenvalue weighted by Crippen LogP contribution is -2.56. The van der Waals surface area contributed by atoms with Crippen molar-refractivity contribution in [3.05, 3.63) is 29.8 Å². The SMILES string of the molecule is Oc1cccc(CN2CCC3(CC2)CN(CCC2CC2(F)F)CCO3)c1. The van der Waals surface area contributed by atoms with Gasteiger partial charge < -0.3 is 9.84 Å². The van der Waals surface area contributed by atoms with Gasteiger partial charge in [0.25, 0.3) is 5.92 Å². The second kappa shape index (κ2) is 7.06. The number of likely N-dealkylation sites (tertiary alicyclic amines) is 1. The van der Waals surface area contributed by atoms with E-state index in [4.69, 9.17) is 4.74 Å². The molecule has 1 N–H and O–H groups in total. The van der Waals surface area contributed by atoms with Crippen LogP contribution < -0.4 is 0 Å². The van der Waals surface area contributed by atoms with Gasteiger partial charge in [0.15, 0.2) is 0 Å². The van der Waals surface area contributed by atoms with Gasteiger partial charge in [-0.2, -0.15) is 0 Å². The molecule has 2 heterocycles. The van der Waals surface area contributed by atoms with Crippen molar-refractivity contribution in [3.8, 4) is 5.75 Å². The molecule has 1 spiro atoms. The highest BCUT2D eigenvalue weighted by Gasteiger charge is 2.56. The summed E-state index contributed by atoms with van der Waals surface area (Å²) in [7, 11) is 0. The number of alkyl halides is 2. The third-order valence-electron chi connectivity index (χ3n) is 6.16. The zero-order valence-corrected chi connectivity index (χ0v) is 15.2. The number of phenolic OH excluding ortho intramolecular Hbond substituents is 1. The summed E-state index contributed by atoms with van der Waals surface area (Å²) in [6.45, 7) is 5.95. The molecule has 6 heteroatoms. The van der Waals surface area contributed by atoms with Gasteiger partial charge in [-0.1, -0.05) is 12.1 Å². The predicted octanol–water partition coefficient (Wildman–Crippen LogP) is 3.10. The van der Waals surface area contributed by atoms with E-state index in [1.54, 1.807) is 6.07 Å². The Hall–Kier alpha value is -1.24. The van der Waals surface area contributed by atoms with E-state index in [-0.39, 0.29) is 12.0 Å². The molecule has 0 amide bonds. The predicted molar refractivity (Wildman–Crippen MR) is 95.4 cm³/mol. The van der Waals surface area contributed by atoms with Crippen LogP contribution in [0.25, 0.3) is 0 Å². The van der Waals surface area contributed by atoms with Crippen LogP contribution in [0.5, 0.6) is 5.75 Å². The lowest BCUT2D eigenvalue weighted by atomic mass is 9.89. The molecule has 2 aliphatic heterocycles. The minimum atomic E-state index is -2.40. The van der Waals surface area contributed by atoms with Gasteiger partial charge in [0, 0.05) is 45.1 Å². The molecular weight excluding hydrogens is 338 g/mol. The number of nitrogens with zero attached hydrogens (tertiary/aromatic N) is 2. The van der Waals surface area contributed by atoms with Crippen LogP contribution in [0.2, 0.25) is 0 Å². The normalized spacial score (nSPS) is 28.3. The number of morpholine rings is 1. The Morgan fingerprint density at radius 1 is 1.15 bits per heavy atom. The van der Waals surface area contributed by atoms with E-state index in [0.29, 0.717) is 18.8 Å². The van der Waals surface area contributed by atoms with Gasteiger partial charge in [0.05, 0.1) is 12.2 Å². The molecule has 1 aromatic carbocycles. The summed E-state index contributed by atoms with van der Waals surface area (Å²) in [4.78, 5) is 4.72. The average Bonchev–Trinajstić information content (AvgIpc) is 3.23. The Kier molecular flexibility index (Phi) is 4.92. The van der Waals surface area contributed by atoms with Crippen LogP contribution in [0.15, 0.2) is 24.3 Å². The molecule has 0 aromatic heterocycles. The number of phenols is 1. The number of hydrogen-bond donors (Lipinski definition) is 1. The van der Waals surface area contributed by atoms with Crippen molar-refractivity contribution >= 4 is 0 Å². The molecule has 1 saturated carbocycles. The van der Waals surface area contributed by atoms with Crippen molar-refractivity contribution in [2.45, 2.75) is 43.8 Å². The minimum Gasteiger partial charge on any atom is -0.508 e. The number of piperidine rings is 1. The number of hydrogen-bond acceptors (Lipinski definition) is 4. The molecular formula is C20H28F2N2O2. The molecule has 3 aliphatic rings. The molecule has 1 unspecified atom stereocenters. The first-order chi connectivity index (χ1) is 12.4. The highest BCUT2D eigenvalue weighted by molar-refractivity contribution is 5.27. The van der Waals surface area contributed by atoms with E-state index in [2.05, 4.69) is 9.80 Å². The summed E-state index contributed by atoms with van der Waals surface area (Å²) in [6.07, 6.45) is 2.63. The van der Waals surface area contributed by atoms with Gasteiger partial charge in [-0.3, -0.25) is 9.80 Å². The van der Waals surface area contributed by atoms with Crippen LogP contribution in [-0.2, 0) is 11.3 Å². The van der Waals surface area contributed by atoms with E-state index in [0.717, 1.165) is 57.7 Å². The van der Waals surface area contributed by atoms with Gasteiger partial charge in [-0.05, 0) is 43.5 Å². The van der Waals surface area contributed by atoms with Crippen LogP contribution in [-0.4, -0.2) is 65.8 Å². The number of halogens is 2. The van der Waals surface area contributed by atoms with Gasteiger partial charge in [0.1, 0.15) is 5.75 Å². The third-order valence-corrected chi connectivity index (χ3v) is 6.16. The Morgan fingerprint density at radius 2 is 1.92 bits per heavy atom. The number of rotatable bonds is 5. The molecule has 4 rings (SSSR count). The second-order valence-electron chi connectivity index (χ2n) is 8.20. The third kappa shape index (κ3) is 4.18. The molecule has 26 heavy (non-hydrogen) atoms. The molecule has 4 nitrogen and oxygen atoms in total. The monoisotopic (exact) mass is 366 g/mol. The topological polar surface area (TPSA) is 35.9 Å². The summed E-state index contributed by atoms with van der Waals surface area (Å²) in [6, 6.07) is 7.42. The van der Waals surface area contributed by atoms with E-state index in [9.17, 15) is 13.9 Å². The second-order valence-corrected chi connectivity index (χ2v) is 8.20. The quantitative estimate of drug-likeness (QED) is 0.869. The maximum atomic E-state index is 13.1. The molecule has 3 fully saturated rings. The van der Waals surface area contributed by atoms with Crippen LogP contribution >= 0.6 is 0 Å². The van der Waals surface area contributed by atoms with E-state index in [1.807, 2.05) is 18.2 Å². The van der Waals surface area contributed by atoms with Gasteiger partial charge in [-0.15, -0.1) is 0 Å². The van der Waals surface area contributed by atoms with Crippen molar-refractivity contribution in [3.63, 3.8) is 0 Å². The summed E-state index contributed by atoms with van der Waals surface area (Å²) >= 11 is 0. The Bertz CT molecular complexity index is 632. The van der Waals surface area contributed by atoms with E-state index >= 15 is 0 Å². The zero-order valence-electron chi connectivity index (χ0n) is 15.2. The first-order valence-electron chi connectivity index (χ1n) is 9.69. The van der Waals surface area contributed by atoms with Crippen molar-refractivity contribution in [1.29, 1.82) is 0 Å². The maximum Gasteiger partial charge on any atom is 0.251 e. The lowest BCUT2D eigenvalue weighted by Gasteiger charge is -2.47. The lowest BCUT2D eigenvalue weighted by molar-refractivity contribution is -0.136. The smallest absolute Gasteiger partial charge is 0.251 e. The van der Waals surface area contributed by atoms with Crippen molar-refractivity contribution in [2.75, 3.05) is 39.3 Å². The molecule has 144 valence electrons. The van der Waals surface area contributed by atoms with Crippen LogP contribution in [0.3, 0.4) is 0 Å². The first-order valence-corrected chi connectivity index (χ1v) is 9.69. The minimum absolute atomic E-state index is 0.0759. The fraction of sp³-hybridized carbons (Fsp3) is 0.700. The van der Waals surface area contributed by atoms with Crippen molar-refractivity contribution in [2.24, 2.45) is 5.92 Å². The summed E-state index contributed by atoms with van der Waals surface area (Å²) in [5.74, 6) is -2.49. The van der Waals surface area contributed by atoms with Crippen molar-refractivity contribution in [1.82, 2.24) is 9.80 Å². The first kappa shape index (κ1) is 18.1. The van der Waals surface area contributed by atoms with Crippen LogP contribution in [0.4, 0.5) is 8.78 Å². The van der Waals surface area contributed by atoms with Gasteiger partial charge >= 0.3 is 0 Å². The summed E-state index contributed by atoms with van der Waals surface area (Å²) in [5, 5.41) is 9.61. The molecule has 0 bridgehead atoms. The van der Waals surface area contributed by atoms with Crippen LogP contribution in [0, 0.1) is 5.92 Å². The highest BCUT2D eigenvalue weighted by atomic mass is 19.3. The van der Waals surface area contributed by atoms with Crippen LogP contribution in [0.1, 0.15) is 31.2 Å². The molecule has 2 saturated heterocycles. The molecule has 1 aliphatic carbocycles. The fourth-order valence-corrected chi connectivity index (χ4v) is 4.37. The Balaban J connectivity index is 1.26. The fourth-order valence-electron chi connectivity index (χ4n) is 4.37. The standard InChI is InChI=1S/C20H28F2N2O2/c21-20(22)13-17(20)4-7-24-10-11-26-19(15-24)5-8-23(9-6-19)14-16-2-1-3-18(25)12-16/h1-3,12,17,25H,4-11,13-15H2. The summed E-state index contributed by atoms with van der Waals surface area (Å²) in [5.41, 5.74) is 1.01. The van der Waals surface area contributed by atoms with E-state index in [1.165, 1.54) is 0 Å². The Morgan fingerprint density at radius 3 is 2.62 bits per heavy atom.